The molecule has 2 fully saturated rings. The molecule has 0 atom stereocenters. The highest BCUT2D eigenvalue weighted by molar-refractivity contribution is 5.51. The first-order valence-corrected chi connectivity index (χ1v) is 7.90. The van der Waals surface area contributed by atoms with Crippen LogP contribution < -0.4 is 15.0 Å². The molecule has 21 heavy (non-hydrogen) atoms. The van der Waals surface area contributed by atoms with Crippen molar-refractivity contribution >= 4 is 5.69 Å². The molecule has 5 nitrogen and oxygen atoms in total. The highest BCUT2D eigenvalue weighted by Gasteiger charge is 2.12. The molecule has 0 saturated carbocycles. The van der Waals surface area contributed by atoms with E-state index in [9.17, 15) is 0 Å². The third-order valence-corrected chi connectivity index (χ3v) is 4.08. The Morgan fingerprint density at radius 1 is 1.10 bits per heavy atom. The Bertz CT molecular complexity index is 429. The van der Waals surface area contributed by atoms with Gasteiger partial charge < -0.3 is 19.7 Å². The van der Waals surface area contributed by atoms with Crippen LogP contribution in [0.4, 0.5) is 5.69 Å². The Morgan fingerprint density at radius 3 is 2.71 bits per heavy atom. The number of nitrogens with one attached hydrogen (secondary N) is 1. The second kappa shape index (κ2) is 7.64. The van der Waals surface area contributed by atoms with Crippen molar-refractivity contribution in [3.8, 4) is 5.75 Å². The zero-order chi connectivity index (χ0) is 14.3. The predicted octanol–water partition coefficient (Wildman–Crippen LogP) is 0.807. The van der Waals surface area contributed by atoms with E-state index in [4.69, 9.17) is 9.47 Å². The fourth-order valence-corrected chi connectivity index (χ4v) is 2.81. The third-order valence-electron chi connectivity index (χ3n) is 4.08. The van der Waals surface area contributed by atoms with Crippen LogP contribution in [-0.2, 0) is 4.74 Å². The first kappa shape index (κ1) is 14.6. The lowest BCUT2D eigenvalue weighted by molar-refractivity contribution is 0.0322. The first-order chi connectivity index (χ1) is 10.4. The number of rotatable bonds is 5. The lowest BCUT2D eigenvalue weighted by Gasteiger charge is -2.29. The van der Waals surface area contributed by atoms with Crippen molar-refractivity contribution in [2.24, 2.45) is 0 Å². The van der Waals surface area contributed by atoms with Gasteiger partial charge in [0.2, 0.25) is 0 Å². The van der Waals surface area contributed by atoms with Crippen LogP contribution in [0.2, 0.25) is 0 Å². The maximum atomic E-state index is 5.92. The molecule has 1 aromatic carbocycles. The highest BCUT2D eigenvalue weighted by atomic mass is 16.5. The van der Waals surface area contributed by atoms with Gasteiger partial charge in [0.25, 0.3) is 0 Å². The molecule has 2 aliphatic rings. The SMILES string of the molecule is c1cc(OCCN2CCOCC2)cc(N2CCNCC2)c1. The maximum Gasteiger partial charge on any atom is 0.121 e. The van der Waals surface area contributed by atoms with Gasteiger partial charge in [-0.3, -0.25) is 4.90 Å². The molecule has 2 heterocycles. The molecular weight excluding hydrogens is 266 g/mol. The minimum atomic E-state index is 0.741. The van der Waals surface area contributed by atoms with Crippen LogP contribution in [0.3, 0.4) is 0 Å². The molecule has 0 unspecified atom stereocenters. The Hall–Kier alpha value is -1.30. The summed E-state index contributed by atoms with van der Waals surface area (Å²) in [5.74, 6) is 0.972. The van der Waals surface area contributed by atoms with Gasteiger partial charge in [-0.05, 0) is 12.1 Å². The molecule has 0 bridgehead atoms. The Balaban J connectivity index is 1.48. The number of hydrogen-bond donors (Lipinski definition) is 1. The van der Waals surface area contributed by atoms with E-state index in [0.29, 0.717) is 0 Å². The molecule has 0 amide bonds. The van der Waals surface area contributed by atoms with E-state index >= 15 is 0 Å². The predicted molar refractivity (Wildman–Crippen MR) is 84.3 cm³/mol. The third kappa shape index (κ3) is 4.33. The number of ether oxygens (including phenoxy) is 2. The Morgan fingerprint density at radius 2 is 1.90 bits per heavy atom. The molecule has 0 radical (unpaired) electrons. The minimum Gasteiger partial charge on any atom is -0.492 e. The van der Waals surface area contributed by atoms with E-state index < -0.39 is 0 Å². The number of anilines is 1. The monoisotopic (exact) mass is 291 g/mol. The van der Waals surface area contributed by atoms with Crippen molar-refractivity contribution in [3.05, 3.63) is 24.3 Å². The smallest absolute Gasteiger partial charge is 0.121 e. The average Bonchev–Trinajstić information content (AvgIpc) is 2.57. The molecule has 5 heteroatoms. The minimum absolute atomic E-state index is 0.741. The van der Waals surface area contributed by atoms with E-state index in [0.717, 1.165) is 71.4 Å². The summed E-state index contributed by atoms with van der Waals surface area (Å²) >= 11 is 0. The quantitative estimate of drug-likeness (QED) is 0.869. The van der Waals surface area contributed by atoms with E-state index in [1.165, 1.54) is 5.69 Å². The number of nitrogens with zero attached hydrogens (tertiary/aromatic N) is 2. The second-order valence-electron chi connectivity index (χ2n) is 5.54. The molecule has 0 aliphatic carbocycles. The van der Waals surface area contributed by atoms with Crippen LogP contribution in [-0.4, -0.2) is 70.5 Å². The van der Waals surface area contributed by atoms with Gasteiger partial charge in [-0.1, -0.05) is 6.07 Å². The lowest BCUT2D eigenvalue weighted by Crippen LogP contribution is -2.43. The Labute approximate surface area is 126 Å². The summed E-state index contributed by atoms with van der Waals surface area (Å²) in [7, 11) is 0. The van der Waals surface area contributed by atoms with Crippen LogP contribution >= 0.6 is 0 Å². The van der Waals surface area contributed by atoms with Crippen molar-refractivity contribution in [1.82, 2.24) is 10.2 Å². The second-order valence-corrected chi connectivity index (χ2v) is 5.54. The number of morpholine rings is 1. The molecule has 2 aliphatic heterocycles. The summed E-state index contributed by atoms with van der Waals surface area (Å²) in [5, 5.41) is 3.38. The summed E-state index contributed by atoms with van der Waals surface area (Å²) in [4.78, 5) is 4.80. The summed E-state index contributed by atoms with van der Waals surface area (Å²) < 4.78 is 11.3. The van der Waals surface area contributed by atoms with Gasteiger partial charge in [0.1, 0.15) is 12.4 Å². The van der Waals surface area contributed by atoms with Gasteiger partial charge in [-0.15, -0.1) is 0 Å². The van der Waals surface area contributed by atoms with Crippen LogP contribution in [0.1, 0.15) is 0 Å². The van der Waals surface area contributed by atoms with Crippen LogP contribution in [0.15, 0.2) is 24.3 Å². The average molecular weight is 291 g/mol. The molecule has 116 valence electrons. The van der Waals surface area contributed by atoms with Crippen molar-refractivity contribution < 1.29 is 9.47 Å². The maximum absolute atomic E-state index is 5.92. The topological polar surface area (TPSA) is 37.0 Å². The molecule has 0 aromatic heterocycles. The van der Waals surface area contributed by atoms with Gasteiger partial charge in [-0.2, -0.15) is 0 Å². The van der Waals surface area contributed by atoms with Crippen molar-refractivity contribution in [1.29, 1.82) is 0 Å². The van der Waals surface area contributed by atoms with E-state index in [1.807, 2.05) is 6.07 Å². The summed E-state index contributed by atoms with van der Waals surface area (Å²) in [6.45, 7) is 9.69. The fraction of sp³-hybridized carbons (Fsp3) is 0.625. The molecule has 1 aromatic rings. The molecular formula is C16H25N3O2. The molecule has 0 spiro atoms. The largest absolute Gasteiger partial charge is 0.492 e. The van der Waals surface area contributed by atoms with E-state index in [2.05, 4.69) is 33.3 Å². The zero-order valence-electron chi connectivity index (χ0n) is 12.6. The number of piperazine rings is 1. The lowest BCUT2D eigenvalue weighted by atomic mass is 10.2. The van der Waals surface area contributed by atoms with Gasteiger partial charge >= 0.3 is 0 Å². The van der Waals surface area contributed by atoms with Gasteiger partial charge in [0.05, 0.1) is 13.2 Å². The van der Waals surface area contributed by atoms with Crippen LogP contribution in [0.5, 0.6) is 5.75 Å². The van der Waals surface area contributed by atoms with Crippen LogP contribution in [0.25, 0.3) is 0 Å². The number of benzene rings is 1. The van der Waals surface area contributed by atoms with Gasteiger partial charge in [-0.25, -0.2) is 0 Å². The highest BCUT2D eigenvalue weighted by Crippen LogP contribution is 2.21. The molecule has 3 rings (SSSR count). The van der Waals surface area contributed by atoms with Gasteiger partial charge in [0, 0.05) is 57.6 Å². The van der Waals surface area contributed by atoms with E-state index in [-0.39, 0.29) is 0 Å². The normalized spacial score (nSPS) is 20.5. The Kier molecular flexibility index (Phi) is 5.32. The molecule has 1 N–H and O–H groups in total. The van der Waals surface area contributed by atoms with Gasteiger partial charge in [0.15, 0.2) is 0 Å². The van der Waals surface area contributed by atoms with E-state index in [1.54, 1.807) is 0 Å². The van der Waals surface area contributed by atoms with Crippen LogP contribution in [0, 0.1) is 0 Å². The molecule has 2 saturated heterocycles. The summed E-state index contributed by atoms with van der Waals surface area (Å²) in [6.07, 6.45) is 0. The van der Waals surface area contributed by atoms with Crippen molar-refractivity contribution in [2.45, 2.75) is 0 Å². The van der Waals surface area contributed by atoms with Crippen molar-refractivity contribution in [3.63, 3.8) is 0 Å². The first-order valence-electron chi connectivity index (χ1n) is 7.90. The summed E-state index contributed by atoms with van der Waals surface area (Å²) in [6, 6.07) is 8.46. The zero-order valence-corrected chi connectivity index (χ0v) is 12.6. The standard InChI is InChI=1S/C16H25N3O2/c1-2-15(19-6-4-17-5-7-19)14-16(3-1)21-13-10-18-8-11-20-12-9-18/h1-3,14,17H,4-13H2. The summed E-state index contributed by atoms with van der Waals surface area (Å²) in [5.41, 5.74) is 1.26. The number of hydrogen-bond acceptors (Lipinski definition) is 5. The van der Waals surface area contributed by atoms with Crippen molar-refractivity contribution in [2.75, 3.05) is 70.5 Å². The fourth-order valence-electron chi connectivity index (χ4n) is 2.81.